The fraction of sp³-hybridized carbons (Fsp3) is 0.200. The van der Waals surface area contributed by atoms with E-state index < -0.39 is 11.6 Å². The predicted molar refractivity (Wildman–Crippen MR) is 73.1 cm³/mol. The van der Waals surface area contributed by atoms with Crippen LogP contribution in [0.3, 0.4) is 0 Å². The topological polar surface area (TPSA) is 47.3 Å². The van der Waals surface area contributed by atoms with Crippen LogP contribution in [0.5, 0.6) is 5.75 Å². The maximum Gasteiger partial charge on any atom is 0.129 e. The largest absolute Gasteiger partial charge is 0.497 e. The second-order valence-electron chi connectivity index (χ2n) is 4.44. The maximum atomic E-state index is 13.7. The molecule has 3 N–H and O–H groups in total. The van der Waals surface area contributed by atoms with Gasteiger partial charge in [0.1, 0.15) is 17.4 Å². The first-order chi connectivity index (χ1) is 9.63. The number of nitrogens with two attached hydrogens (primary N) is 1. The first-order valence-electron chi connectivity index (χ1n) is 6.18. The van der Waals surface area contributed by atoms with Crippen molar-refractivity contribution in [3.63, 3.8) is 0 Å². The number of methoxy groups -OCH3 is 1. The molecule has 0 aromatic heterocycles. The number of hydrazine groups is 1. The molecular weight excluding hydrogens is 262 g/mol. The molecule has 0 aliphatic carbocycles. The smallest absolute Gasteiger partial charge is 0.129 e. The maximum absolute atomic E-state index is 13.7. The van der Waals surface area contributed by atoms with E-state index in [9.17, 15) is 8.78 Å². The van der Waals surface area contributed by atoms with Crippen molar-refractivity contribution < 1.29 is 13.5 Å². The summed E-state index contributed by atoms with van der Waals surface area (Å²) in [7, 11) is 1.57. The van der Waals surface area contributed by atoms with E-state index in [1.54, 1.807) is 7.11 Å². The lowest BCUT2D eigenvalue weighted by Gasteiger charge is -2.17. The zero-order valence-corrected chi connectivity index (χ0v) is 11.1. The first kappa shape index (κ1) is 14.4. The molecule has 20 heavy (non-hydrogen) atoms. The summed E-state index contributed by atoms with van der Waals surface area (Å²) in [4.78, 5) is 0. The Labute approximate surface area is 116 Å². The van der Waals surface area contributed by atoms with Crippen molar-refractivity contribution in [3.05, 3.63) is 65.2 Å². The van der Waals surface area contributed by atoms with Gasteiger partial charge in [0.05, 0.1) is 13.2 Å². The highest BCUT2D eigenvalue weighted by atomic mass is 19.1. The molecule has 0 radical (unpaired) electrons. The average Bonchev–Trinajstić information content (AvgIpc) is 2.46. The molecule has 2 aromatic rings. The Morgan fingerprint density at radius 3 is 2.65 bits per heavy atom. The van der Waals surface area contributed by atoms with Crippen LogP contribution in [0.4, 0.5) is 8.78 Å². The number of nitrogens with one attached hydrogen (secondary N) is 1. The zero-order chi connectivity index (χ0) is 14.5. The number of rotatable bonds is 5. The molecule has 1 atom stereocenters. The van der Waals surface area contributed by atoms with Crippen LogP contribution in [0.25, 0.3) is 0 Å². The summed E-state index contributed by atoms with van der Waals surface area (Å²) >= 11 is 0. The Morgan fingerprint density at radius 2 is 2.00 bits per heavy atom. The SMILES string of the molecule is COc1cccc(C(Cc2ccc(F)cc2F)NN)c1. The van der Waals surface area contributed by atoms with Gasteiger partial charge in [-0.3, -0.25) is 11.3 Å². The molecule has 2 aromatic carbocycles. The van der Waals surface area contributed by atoms with Crippen LogP contribution in [0.2, 0.25) is 0 Å². The molecule has 0 heterocycles. The number of halogens is 2. The summed E-state index contributed by atoms with van der Waals surface area (Å²) in [6.07, 6.45) is 0.315. The van der Waals surface area contributed by atoms with E-state index in [0.29, 0.717) is 17.7 Å². The van der Waals surface area contributed by atoms with Gasteiger partial charge in [-0.15, -0.1) is 0 Å². The van der Waals surface area contributed by atoms with E-state index in [2.05, 4.69) is 5.43 Å². The Hall–Kier alpha value is -1.98. The quantitative estimate of drug-likeness (QED) is 0.653. The van der Waals surface area contributed by atoms with Gasteiger partial charge in [0, 0.05) is 6.07 Å². The highest BCUT2D eigenvalue weighted by molar-refractivity contribution is 5.32. The molecule has 106 valence electrons. The van der Waals surface area contributed by atoms with Crippen molar-refractivity contribution >= 4 is 0 Å². The van der Waals surface area contributed by atoms with E-state index in [-0.39, 0.29) is 6.04 Å². The minimum Gasteiger partial charge on any atom is -0.497 e. The lowest BCUT2D eigenvalue weighted by Crippen LogP contribution is -2.29. The van der Waals surface area contributed by atoms with E-state index in [1.807, 2.05) is 24.3 Å². The van der Waals surface area contributed by atoms with Gasteiger partial charge in [0.2, 0.25) is 0 Å². The number of hydrogen-bond donors (Lipinski definition) is 2. The van der Waals surface area contributed by atoms with Gasteiger partial charge in [0.25, 0.3) is 0 Å². The van der Waals surface area contributed by atoms with E-state index >= 15 is 0 Å². The monoisotopic (exact) mass is 278 g/mol. The van der Waals surface area contributed by atoms with Gasteiger partial charge < -0.3 is 4.74 Å². The highest BCUT2D eigenvalue weighted by Gasteiger charge is 2.14. The van der Waals surface area contributed by atoms with Gasteiger partial charge in [0.15, 0.2) is 0 Å². The summed E-state index contributed by atoms with van der Waals surface area (Å²) in [6, 6.07) is 10.6. The second-order valence-corrected chi connectivity index (χ2v) is 4.44. The third-order valence-corrected chi connectivity index (χ3v) is 3.14. The summed E-state index contributed by atoms with van der Waals surface area (Å²) in [6.45, 7) is 0. The number of hydrogen-bond acceptors (Lipinski definition) is 3. The molecule has 0 saturated heterocycles. The lowest BCUT2D eigenvalue weighted by molar-refractivity contribution is 0.413. The minimum absolute atomic E-state index is 0.287. The van der Waals surface area contributed by atoms with Crippen molar-refractivity contribution in [1.82, 2.24) is 5.43 Å². The van der Waals surface area contributed by atoms with Gasteiger partial charge in [-0.25, -0.2) is 8.78 Å². The molecule has 0 fully saturated rings. The van der Waals surface area contributed by atoms with Gasteiger partial charge >= 0.3 is 0 Å². The highest BCUT2D eigenvalue weighted by Crippen LogP contribution is 2.23. The summed E-state index contributed by atoms with van der Waals surface area (Å²) in [5.41, 5.74) is 3.92. The van der Waals surface area contributed by atoms with Gasteiger partial charge in [-0.05, 0) is 35.7 Å². The van der Waals surface area contributed by atoms with Crippen LogP contribution >= 0.6 is 0 Å². The molecule has 0 amide bonds. The zero-order valence-electron chi connectivity index (χ0n) is 11.1. The summed E-state index contributed by atoms with van der Waals surface area (Å²) in [5, 5.41) is 0. The fourth-order valence-electron chi connectivity index (χ4n) is 2.04. The Balaban J connectivity index is 2.23. The fourth-order valence-corrected chi connectivity index (χ4v) is 2.04. The Bertz CT molecular complexity index is 590. The van der Waals surface area contributed by atoms with Crippen LogP contribution in [0, 0.1) is 11.6 Å². The molecule has 0 saturated carbocycles. The summed E-state index contributed by atoms with van der Waals surface area (Å²) in [5.74, 6) is 5.06. The number of ether oxygens (including phenoxy) is 1. The van der Waals surface area contributed by atoms with Crippen molar-refractivity contribution in [1.29, 1.82) is 0 Å². The van der Waals surface area contributed by atoms with E-state index in [1.165, 1.54) is 12.1 Å². The first-order valence-corrected chi connectivity index (χ1v) is 6.18. The van der Waals surface area contributed by atoms with Crippen LogP contribution in [-0.2, 0) is 6.42 Å². The van der Waals surface area contributed by atoms with E-state index in [0.717, 1.165) is 11.6 Å². The Morgan fingerprint density at radius 1 is 1.20 bits per heavy atom. The minimum atomic E-state index is -0.593. The second kappa shape index (κ2) is 6.45. The average molecular weight is 278 g/mol. The van der Waals surface area contributed by atoms with Crippen molar-refractivity contribution in [2.45, 2.75) is 12.5 Å². The molecule has 1 unspecified atom stereocenters. The normalized spacial score (nSPS) is 12.2. The van der Waals surface area contributed by atoms with Crippen molar-refractivity contribution in [2.75, 3.05) is 7.11 Å². The molecule has 0 bridgehead atoms. The molecule has 0 aliphatic heterocycles. The molecular formula is C15H16F2N2O. The summed E-state index contributed by atoms with van der Waals surface area (Å²) < 4.78 is 31.7. The number of benzene rings is 2. The van der Waals surface area contributed by atoms with Crippen LogP contribution in [0.15, 0.2) is 42.5 Å². The molecule has 0 spiro atoms. The van der Waals surface area contributed by atoms with Crippen LogP contribution in [0.1, 0.15) is 17.2 Å². The van der Waals surface area contributed by atoms with Gasteiger partial charge in [-0.1, -0.05) is 18.2 Å². The Kier molecular flexibility index (Phi) is 4.65. The van der Waals surface area contributed by atoms with Crippen LogP contribution in [-0.4, -0.2) is 7.11 Å². The molecule has 2 rings (SSSR count). The molecule has 0 aliphatic rings. The van der Waals surface area contributed by atoms with Crippen molar-refractivity contribution in [2.24, 2.45) is 5.84 Å². The standard InChI is InChI=1S/C15H16F2N2O/c1-20-13-4-2-3-11(7-13)15(19-18)8-10-5-6-12(16)9-14(10)17/h2-7,9,15,19H,8,18H2,1H3. The third-order valence-electron chi connectivity index (χ3n) is 3.14. The molecule has 5 heteroatoms. The van der Waals surface area contributed by atoms with E-state index in [4.69, 9.17) is 10.6 Å². The third kappa shape index (κ3) is 3.31. The predicted octanol–water partition coefficient (Wildman–Crippen LogP) is 2.72. The van der Waals surface area contributed by atoms with Crippen molar-refractivity contribution in [3.8, 4) is 5.75 Å². The molecule has 3 nitrogen and oxygen atoms in total. The van der Waals surface area contributed by atoms with Crippen LogP contribution < -0.4 is 16.0 Å². The lowest BCUT2D eigenvalue weighted by atomic mass is 9.99. The van der Waals surface area contributed by atoms with Gasteiger partial charge in [-0.2, -0.15) is 0 Å².